The van der Waals surface area contributed by atoms with Gasteiger partial charge in [0, 0.05) is 5.92 Å². The lowest BCUT2D eigenvalue weighted by atomic mass is 9.82. The van der Waals surface area contributed by atoms with Gasteiger partial charge < -0.3 is 25.1 Å². The number of carboxylic acids is 1. The van der Waals surface area contributed by atoms with Crippen molar-refractivity contribution in [3.8, 4) is 11.5 Å². The van der Waals surface area contributed by atoms with Crippen LogP contribution in [0.2, 0.25) is 0 Å². The van der Waals surface area contributed by atoms with Crippen molar-refractivity contribution in [3.05, 3.63) is 23.8 Å². The third kappa shape index (κ3) is 8.98. The SMILES string of the molecule is CCCC(C)C(=O)OCC(C)C(c1ccc(OC(=O)C(C)C)c(OC(=O)C(C)C)c1)[C@H](N)C(=O)O. The monoisotopic (exact) mass is 493 g/mol. The quantitative estimate of drug-likeness (QED) is 0.309. The lowest BCUT2D eigenvalue weighted by Gasteiger charge is -2.28. The molecule has 0 heterocycles. The smallest absolute Gasteiger partial charge is 0.321 e. The van der Waals surface area contributed by atoms with Crippen molar-refractivity contribution >= 4 is 23.9 Å². The fourth-order valence-corrected chi connectivity index (χ4v) is 3.40. The Kier molecular flexibility index (Phi) is 11.9. The molecule has 0 aliphatic rings. The Morgan fingerprint density at radius 2 is 1.43 bits per heavy atom. The summed E-state index contributed by atoms with van der Waals surface area (Å²) in [6.45, 7) is 12.1. The van der Waals surface area contributed by atoms with Crippen LogP contribution in [0.4, 0.5) is 0 Å². The number of carboxylic acid groups (broad SMARTS) is 1. The molecule has 3 N–H and O–H groups in total. The van der Waals surface area contributed by atoms with Crippen molar-refractivity contribution in [1.82, 2.24) is 0 Å². The van der Waals surface area contributed by atoms with Crippen LogP contribution in [0, 0.1) is 23.7 Å². The number of ether oxygens (including phenoxy) is 3. The second-order valence-electron chi connectivity index (χ2n) is 9.54. The summed E-state index contributed by atoms with van der Waals surface area (Å²) in [4.78, 5) is 48.5. The van der Waals surface area contributed by atoms with E-state index in [1.54, 1.807) is 47.6 Å². The molecule has 0 spiro atoms. The van der Waals surface area contributed by atoms with E-state index in [4.69, 9.17) is 19.9 Å². The highest BCUT2D eigenvalue weighted by atomic mass is 16.6. The fourth-order valence-electron chi connectivity index (χ4n) is 3.40. The molecule has 0 fully saturated rings. The molecule has 0 saturated heterocycles. The molecule has 0 aliphatic carbocycles. The fraction of sp³-hybridized carbons (Fsp3) is 0.615. The van der Waals surface area contributed by atoms with E-state index >= 15 is 0 Å². The molecule has 1 aromatic rings. The summed E-state index contributed by atoms with van der Waals surface area (Å²) in [6, 6.07) is 3.15. The molecule has 9 nitrogen and oxygen atoms in total. The Hall–Kier alpha value is -2.94. The second-order valence-corrected chi connectivity index (χ2v) is 9.54. The zero-order valence-corrected chi connectivity index (χ0v) is 21.7. The summed E-state index contributed by atoms with van der Waals surface area (Å²) in [6.07, 6.45) is 1.52. The van der Waals surface area contributed by atoms with Crippen LogP contribution in [-0.2, 0) is 23.9 Å². The van der Waals surface area contributed by atoms with Crippen LogP contribution in [0.15, 0.2) is 18.2 Å². The predicted octanol–water partition coefficient (Wildman–Crippen LogP) is 3.92. The van der Waals surface area contributed by atoms with Crippen molar-refractivity contribution in [3.63, 3.8) is 0 Å². The summed E-state index contributed by atoms with van der Waals surface area (Å²) in [5.41, 5.74) is 6.48. The molecule has 0 aliphatic heterocycles. The Bertz CT molecular complexity index is 895. The van der Waals surface area contributed by atoms with E-state index in [9.17, 15) is 24.3 Å². The molecule has 9 heteroatoms. The number of esters is 3. The average Bonchev–Trinajstić information content (AvgIpc) is 2.78. The minimum Gasteiger partial charge on any atom is -0.480 e. The first kappa shape index (κ1) is 30.1. The predicted molar refractivity (Wildman–Crippen MR) is 130 cm³/mol. The van der Waals surface area contributed by atoms with E-state index in [2.05, 4.69) is 0 Å². The lowest BCUT2D eigenvalue weighted by Crippen LogP contribution is -2.41. The molecule has 196 valence electrons. The highest BCUT2D eigenvalue weighted by Crippen LogP contribution is 2.36. The van der Waals surface area contributed by atoms with Gasteiger partial charge in [0.2, 0.25) is 0 Å². The van der Waals surface area contributed by atoms with Gasteiger partial charge >= 0.3 is 23.9 Å². The lowest BCUT2D eigenvalue weighted by molar-refractivity contribution is -0.150. The number of nitrogens with two attached hydrogens (primary N) is 1. The number of rotatable bonds is 13. The summed E-state index contributed by atoms with van der Waals surface area (Å²) < 4.78 is 16.3. The normalized spacial score (nSPS) is 14.7. The number of carbonyl (C=O) groups excluding carboxylic acids is 3. The Labute approximate surface area is 207 Å². The maximum atomic E-state index is 12.3. The second kappa shape index (κ2) is 13.8. The van der Waals surface area contributed by atoms with Crippen LogP contribution in [0.1, 0.15) is 72.8 Å². The number of benzene rings is 1. The Morgan fingerprint density at radius 3 is 1.91 bits per heavy atom. The van der Waals surface area contributed by atoms with Crippen LogP contribution in [0.25, 0.3) is 0 Å². The largest absolute Gasteiger partial charge is 0.480 e. The first-order valence-electron chi connectivity index (χ1n) is 12.0. The van der Waals surface area contributed by atoms with Crippen molar-refractivity contribution in [2.24, 2.45) is 29.4 Å². The first-order chi connectivity index (χ1) is 16.3. The van der Waals surface area contributed by atoms with Crippen LogP contribution in [0.5, 0.6) is 11.5 Å². The van der Waals surface area contributed by atoms with E-state index in [1.807, 2.05) is 6.92 Å². The van der Waals surface area contributed by atoms with Crippen molar-refractivity contribution in [2.45, 2.75) is 73.3 Å². The van der Waals surface area contributed by atoms with Gasteiger partial charge in [0.15, 0.2) is 11.5 Å². The van der Waals surface area contributed by atoms with E-state index in [-0.39, 0.29) is 30.0 Å². The van der Waals surface area contributed by atoms with Gasteiger partial charge in [-0.1, -0.05) is 61.0 Å². The van der Waals surface area contributed by atoms with Crippen LogP contribution in [-0.4, -0.2) is 41.6 Å². The number of aliphatic carboxylic acids is 1. The Morgan fingerprint density at radius 1 is 0.886 bits per heavy atom. The maximum absolute atomic E-state index is 12.3. The molecular formula is C26H39NO8. The molecule has 0 amide bonds. The molecule has 0 radical (unpaired) electrons. The van der Waals surface area contributed by atoms with Gasteiger partial charge in [0.25, 0.3) is 0 Å². The Balaban J connectivity index is 3.35. The topological polar surface area (TPSA) is 142 Å². The van der Waals surface area contributed by atoms with Crippen molar-refractivity contribution in [1.29, 1.82) is 0 Å². The van der Waals surface area contributed by atoms with Gasteiger partial charge in [-0.05, 0) is 30.0 Å². The van der Waals surface area contributed by atoms with Gasteiger partial charge in [0.05, 0.1) is 24.4 Å². The van der Waals surface area contributed by atoms with Crippen LogP contribution >= 0.6 is 0 Å². The van der Waals surface area contributed by atoms with Crippen molar-refractivity contribution in [2.75, 3.05) is 6.61 Å². The van der Waals surface area contributed by atoms with E-state index in [0.717, 1.165) is 6.42 Å². The van der Waals surface area contributed by atoms with Gasteiger partial charge in [-0.15, -0.1) is 0 Å². The molecule has 0 saturated carbocycles. The first-order valence-corrected chi connectivity index (χ1v) is 12.0. The van der Waals surface area contributed by atoms with E-state index in [0.29, 0.717) is 12.0 Å². The maximum Gasteiger partial charge on any atom is 0.321 e. The minimum atomic E-state index is -1.32. The summed E-state index contributed by atoms with van der Waals surface area (Å²) in [5.74, 6) is -5.02. The zero-order valence-electron chi connectivity index (χ0n) is 21.7. The molecular weight excluding hydrogens is 454 g/mol. The van der Waals surface area contributed by atoms with Gasteiger partial charge in [0.1, 0.15) is 6.04 Å². The third-order valence-electron chi connectivity index (χ3n) is 5.61. The molecule has 0 bridgehead atoms. The minimum absolute atomic E-state index is 0.0152. The average molecular weight is 494 g/mol. The van der Waals surface area contributed by atoms with Gasteiger partial charge in [-0.3, -0.25) is 19.2 Å². The molecule has 0 aromatic heterocycles. The highest BCUT2D eigenvalue weighted by Gasteiger charge is 2.33. The number of hydrogen-bond acceptors (Lipinski definition) is 8. The number of hydrogen-bond donors (Lipinski definition) is 2. The van der Waals surface area contributed by atoms with E-state index in [1.165, 1.54) is 12.1 Å². The summed E-state index contributed by atoms with van der Waals surface area (Å²) in [7, 11) is 0. The van der Waals surface area contributed by atoms with Crippen molar-refractivity contribution < 1.29 is 38.5 Å². The molecule has 1 aromatic carbocycles. The highest BCUT2D eigenvalue weighted by molar-refractivity contribution is 5.78. The summed E-state index contributed by atoms with van der Waals surface area (Å²) in [5, 5.41) is 9.63. The third-order valence-corrected chi connectivity index (χ3v) is 5.61. The van der Waals surface area contributed by atoms with E-state index < -0.39 is 47.6 Å². The molecule has 1 rings (SSSR count). The standard InChI is InChI=1S/C26H39NO8/c1-8-9-16(6)26(32)33-13-17(7)21(22(27)23(28)29)18-10-11-19(34-24(30)14(2)3)20(12-18)35-25(31)15(4)5/h10-12,14-17,21-22H,8-9,13,27H2,1-7H3,(H,28,29)/t16?,17?,21?,22-/m0/s1. The number of carbonyl (C=O) groups is 4. The molecule has 35 heavy (non-hydrogen) atoms. The van der Waals surface area contributed by atoms with Gasteiger partial charge in [-0.2, -0.15) is 0 Å². The van der Waals surface area contributed by atoms with Crippen LogP contribution in [0.3, 0.4) is 0 Å². The van der Waals surface area contributed by atoms with Crippen LogP contribution < -0.4 is 15.2 Å². The zero-order chi connectivity index (χ0) is 26.9. The molecule has 4 atom stereocenters. The summed E-state index contributed by atoms with van der Waals surface area (Å²) >= 11 is 0. The van der Waals surface area contributed by atoms with Gasteiger partial charge in [-0.25, -0.2) is 0 Å². The molecule has 3 unspecified atom stereocenters.